The van der Waals surface area contributed by atoms with E-state index in [4.69, 9.17) is 26.2 Å². The minimum absolute atomic E-state index is 0.287. The van der Waals surface area contributed by atoms with E-state index < -0.39 is 42.5 Å². The molecule has 0 aromatic heterocycles. The predicted molar refractivity (Wildman–Crippen MR) is 53.9 cm³/mol. The highest BCUT2D eigenvalue weighted by Crippen LogP contribution is 2.08. The molecule has 18 heavy (non-hydrogen) atoms. The summed E-state index contributed by atoms with van der Waals surface area (Å²) in [7, 11) is 0. The third kappa shape index (κ3) is 3.68. The summed E-state index contributed by atoms with van der Waals surface area (Å²) in [5.41, 5.74) is 5.09. The zero-order valence-electron chi connectivity index (χ0n) is 9.02. The largest absolute Gasteiger partial charge is 0.480 e. The second-order valence-corrected chi connectivity index (χ2v) is 3.18. The third-order valence-electron chi connectivity index (χ3n) is 1.99. The molecule has 0 fully saturated rings. The van der Waals surface area contributed by atoms with Gasteiger partial charge in [-0.25, -0.2) is 19.2 Å². The highest BCUT2D eigenvalue weighted by molar-refractivity contribution is 6.02. The molecule has 0 aromatic carbocycles. The van der Waals surface area contributed by atoms with Crippen molar-refractivity contribution in [3.8, 4) is 0 Å². The van der Waals surface area contributed by atoms with Crippen LogP contribution in [0.3, 0.4) is 0 Å². The summed E-state index contributed by atoms with van der Waals surface area (Å²) < 4.78 is 0. The van der Waals surface area contributed by atoms with E-state index in [9.17, 15) is 19.2 Å². The fraction of sp³-hybridized carbons (Fsp3) is 0.500. The van der Waals surface area contributed by atoms with Gasteiger partial charge in [0.25, 0.3) is 0 Å². The van der Waals surface area contributed by atoms with E-state index in [2.05, 4.69) is 0 Å². The molecule has 0 heterocycles. The molecule has 0 atom stereocenters. The maximum absolute atomic E-state index is 10.8. The van der Waals surface area contributed by atoms with Gasteiger partial charge in [-0.15, -0.1) is 0 Å². The molecule has 0 aliphatic carbocycles. The van der Waals surface area contributed by atoms with Crippen molar-refractivity contribution in [2.24, 2.45) is 5.73 Å². The van der Waals surface area contributed by atoms with Crippen LogP contribution in [0.4, 0.5) is 0 Å². The molecule has 0 aromatic rings. The molecule has 0 aliphatic rings. The fourth-order valence-corrected chi connectivity index (χ4v) is 1.34. The summed E-state index contributed by atoms with van der Waals surface area (Å²) >= 11 is 0. The lowest BCUT2D eigenvalue weighted by Gasteiger charge is -2.28. The maximum atomic E-state index is 10.8. The summed E-state index contributed by atoms with van der Waals surface area (Å²) in [5, 5.41) is 34.8. The average molecular weight is 264 g/mol. The zero-order chi connectivity index (χ0) is 14.5. The second kappa shape index (κ2) is 6.51. The third-order valence-corrected chi connectivity index (χ3v) is 1.99. The smallest absolute Gasteiger partial charge is 0.332 e. The average Bonchev–Trinajstić information content (AvgIpc) is 2.14. The number of nitrogens with two attached hydrogens (primary N) is 1. The van der Waals surface area contributed by atoms with Crippen LogP contribution in [0.5, 0.6) is 0 Å². The Balaban J connectivity index is 5.49. The van der Waals surface area contributed by atoms with Crippen molar-refractivity contribution in [3.05, 3.63) is 0 Å². The van der Waals surface area contributed by atoms with Gasteiger partial charge in [0.2, 0.25) is 12.1 Å². The van der Waals surface area contributed by atoms with Crippen molar-refractivity contribution in [1.82, 2.24) is 4.90 Å². The molecule has 0 saturated carbocycles. The van der Waals surface area contributed by atoms with Gasteiger partial charge in [0.05, 0.1) is 0 Å². The Labute approximate surface area is 100 Å². The molecule has 0 spiro atoms. The molecule has 10 heteroatoms. The predicted octanol–water partition coefficient (Wildman–Crippen LogP) is -2.68. The first-order valence-corrected chi connectivity index (χ1v) is 4.61. The molecule has 0 rings (SSSR count). The molecule has 0 amide bonds. The van der Waals surface area contributed by atoms with Gasteiger partial charge in [0.15, 0.2) is 0 Å². The number of rotatable bonds is 8. The minimum atomic E-state index is -2.30. The van der Waals surface area contributed by atoms with E-state index in [1.165, 1.54) is 0 Å². The Kier molecular flexibility index (Phi) is 5.72. The topological polar surface area (TPSA) is 178 Å². The molecule has 6 N–H and O–H groups in total. The van der Waals surface area contributed by atoms with Crippen LogP contribution in [0.15, 0.2) is 0 Å². The number of hydrogen-bond donors (Lipinski definition) is 5. The van der Waals surface area contributed by atoms with Gasteiger partial charge in [-0.2, -0.15) is 0 Å². The second-order valence-electron chi connectivity index (χ2n) is 3.18. The SMILES string of the molecule is NCCN(C(C(=O)O)C(=O)O)C(C(=O)O)C(=O)O. The molecule has 10 nitrogen and oxygen atoms in total. The van der Waals surface area contributed by atoms with Crippen LogP contribution in [-0.4, -0.2) is 74.4 Å². The molecule has 0 bridgehead atoms. The molecule has 0 aliphatic heterocycles. The van der Waals surface area contributed by atoms with E-state index in [0.717, 1.165) is 0 Å². The summed E-state index contributed by atoms with van der Waals surface area (Å²) in [5.74, 6) is -7.49. The van der Waals surface area contributed by atoms with Crippen molar-refractivity contribution in [2.45, 2.75) is 12.1 Å². The van der Waals surface area contributed by atoms with Crippen molar-refractivity contribution < 1.29 is 39.6 Å². The van der Waals surface area contributed by atoms with Gasteiger partial charge in [0.1, 0.15) is 0 Å². The van der Waals surface area contributed by atoms with Gasteiger partial charge < -0.3 is 26.2 Å². The highest BCUT2D eigenvalue weighted by atomic mass is 16.4. The highest BCUT2D eigenvalue weighted by Gasteiger charge is 2.43. The van der Waals surface area contributed by atoms with E-state index in [0.29, 0.717) is 0 Å². The van der Waals surface area contributed by atoms with Gasteiger partial charge in [-0.3, -0.25) is 4.90 Å². The first-order chi connectivity index (χ1) is 8.23. The van der Waals surface area contributed by atoms with E-state index >= 15 is 0 Å². The standard InChI is InChI=1S/C8H12N2O8/c9-1-2-10(3(5(11)12)6(13)14)4(7(15)16)8(17)18/h3-4H,1-2,9H2,(H,11,12)(H,13,14)(H,15,16)(H,17,18). The summed E-state index contributed by atoms with van der Waals surface area (Å²) in [6, 6.07) is -4.60. The quantitative estimate of drug-likeness (QED) is 0.290. The first kappa shape index (κ1) is 15.8. The number of carbonyl (C=O) groups is 4. The molecular formula is C8H12N2O8. The van der Waals surface area contributed by atoms with Crippen LogP contribution in [-0.2, 0) is 19.2 Å². The zero-order valence-corrected chi connectivity index (χ0v) is 9.02. The van der Waals surface area contributed by atoms with Crippen LogP contribution in [0.1, 0.15) is 0 Å². The minimum Gasteiger partial charge on any atom is -0.480 e. The summed E-state index contributed by atoms with van der Waals surface area (Å²) in [6.07, 6.45) is 0. The monoisotopic (exact) mass is 264 g/mol. The van der Waals surface area contributed by atoms with Crippen LogP contribution in [0, 0.1) is 0 Å². The first-order valence-electron chi connectivity index (χ1n) is 4.61. The van der Waals surface area contributed by atoms with Crippen molar-refractivity contribution in [1.29, 1.82) is 0 Å². The van der Waals surface area contributed by atoms with Crippen LogP contribution < -0.4 is 5.73 Å². The van der Waals surface area contributed by atoms with Crippen LogP contribution >= 0.6 is 0 Å². The molecule has 102 valence electrons. The maximum Gasteiger partial charge on any atom is 0.332 e. The normalized spacial score (nSPS) is 10.9. The summed E-state index contributed by atoms with van der Waals surface area (Å²) in [4.78, 5) is 43.3. The van der Waals surface area contributed by atoms with E-state index in [1.807, 2.05) is 0 Å². The van der Waals surface area contributed by atoms with Crippen molar-refractivity contribution >= 4 is 23.9 Å². The lowest BCUT2D eigenvalue weighted by molar-refractivity contribution is -0.165. The molecule has 0 unspecified atom stereocenters. The fourth-order valence-electron chi connectivity index (χ4n) is 1.34. The number of hydrogen-bond acceptors (Lipinski definition) is 6. The van der Waals surface area contributed by atoms with Gasteiger partial charge in [-0.1, -0.05) is 0 Å². The van der Waals surface area contributed by atoms with Gasteiger partial charge >= 0.3 is 23.9 Å². The Morgan fingerprint density at radius 3 is 1.28 bits per heavy atom. The van der Waals surface area contributed by atoms with Crippen LogP contribution in [0.2, 0.25) is 0 Å². The van der Waals surface area contributed by atoms with E-state index in [1.54, 1.807) is 0 Å². The number of carboxylic acid groups (broad SMARTS) is 4. The van der Waals surface area contributed by atoms with E-state index in [-0.39, 0.29) is 11.4 Å². The lowest BCUT2D eigenvalue weighted by atomic mass is 10.1. The number of nitrogens with zero attached hydrogens (tertiary/aromatic N) is 1. The van der Waals surface area contributed by atoms with Crippen LogP contribution in [0.25, 0.3) is 0 Å². The molecule has 0 saturated heterocycles. The lowest BCUT2D eigenvalue weighted by Crippen LogP contribution is -2.58. The Morgan fingerprint density at radius 1 is 0.833 bits per heavy atom. The summed E-state index contributed by atoms with van der Waals surface area (Å²) in [6.45, 7) is -0.805. The number of aliphatic carboxylic acids is 4. The van der Waals surface area contributed by atoms with Crippen molar-refractivity contribution in [2.75, 3.05) is 13.1 Å². The van der Waals surface area contributed by atoms with Gasteiger partial charge in [-0.05, 0) is 0 Å². The molecular weight excluding hydrogens is 252 g/mol. The van der Waals surface area contributed by atoms with Gasteiger partial charge in [0, 0.05) is 13.1 Å². The van der Waals surface area contributed by atoms with Crippen molar-refractivity contribution in [3.63, 3.8) is 0 Å². The Bertz CT molecular complexity index is 308. The number of carboxylic acids is 4. The molecule has 0 radical (unpaired) electrons. The Morgan fingerprint density at radius 2 is 1.11 bits per heavy atom. The Hall–Kier alpha value is -2.20.